The Morgan fingerprint density at radius 1 is 1.04 bits per heavy atom. The second kappa shape index (κ2) is 9.94. The Labute approximate surface area is 151 Å². The predicted molar refractivity (Wildman–Crippen MR) is 97.3 cm³/mol. The molecule has 2 saturated heterocycles. The van der Waals surface area contributed by atoms with Gasteiger partial charge in [-0.25, -0.2) is 0 Å². The third-order valence-electron chi connectivity index (χ3n) is 4.10. The van der Waals surface area contributed by atoms with Gasteiger partial charge in [-0.1, -0.05) is 12.2 Å². The minimum Gasteiger partial charge on any atom is -0.460 e. The van der Waals surface area contributed by atoms with Crippen molar-refractivity contribution in [2.75, 3.05) is 52.6 Å². The van der Waals surface area contributed by atoms with E-state index in [9.17, 15) is 4.79 Å². The zero-order chi connectivity index (χ0) is 18.1. The molecule has 2 aliphatic rings. The van der Waals surface area contributed by atoms with Crippen molar-refractivity contribution < 1.29 is 19.0 Å². The van der Waals surface area contributed by atoms with E-state index in [1.54, 1.807) is 0 Å². The van der Waals surface area contributed by atoms with Crippen molar-refractivity contribution in [3.63, 3.8) is 0 Å². The van der Waals surface area contributed by atoms with Crippen LogP contribution in [0, 0.1) is 0 Å². The van der Waals surface area contributed by atoms with Gasteiger partial charge in [-0.3, -0.25) is 9.69 Å². The second-order valence-corrected chi connectivity index (χ2v) is 7.38. The van der Waals surface area contributed by atoms with E-state index in [1.165, 1.54) is 0 Å². The van der Waals surface area contributed by atoms with Crippen LogP contribution in [0.2, 0.25) is 0 Å². The van der Waals surface area contributed by atoms with Crippen molar-refractivity contribution in [3.8, 4) is 0 Å². The summed E-state index contributed by atoms with van der Waals surface area (Å²) in [5.74, 6) is -0.161. The molecule has 2 aliphatic heterocycles. The lowest BCUT2D eigenvalue weighted by atomic mass is 10.1. The lowest BCUT2D eigenvalue weighted by Gasteiger charge is -2.33. The summed E-state index contributed by atoms with van der Waals surface area (Å²) < 4.78 is 16.3. The van der Waals surface area contributed by atoms with Gasteiger partial charge in [-0.15, -0.1) is 0 Å². The Morgan fingerprint density at radius 3 is 2.24 bits per heavy atom. The molecule has 0 aromatic heterocycles. The first kappa shape index (κ1) is 19.9. The van der Waals surface area contributed by atoms with Gasteiger partial charge in [-0.2, -0.15) is 0 Å². The van der Waals surface area contributed by atoms with Crippen molar-refractivity contribution in [2.24, 2.45) is 0 Å². The first-order chi connectivity index (χ1) is 11.9. The van der Waals surface area contributed by atoms with Gasteiger partial charge < -0.3 is 19.1 Å². The van der Waals surface area contributed by atoms with Gasteiger partial charge in [0.15, 0.2) is 0 Å². The molecule has 0 aromatic rings. The smallest absolute Gasteiger partial charge is 0.308 e. The first-order valence-corrected chi connectivity index (χ1v) is 9.14. The van der Waals surface area contributed by atoms with Crippen molar-refractivity contribution >= 4 is 5.97 Å². The summed E-state index contributed by atoms with van der Waals surface area (Å²) in [6, 6.07) is 0.0353. The molecule has 0 radical (unpaired) electrons. The third kappa shape index (κ3) is 8.03. The molecule has 142 valence electrons. The Morgan fingerprint density at radius 2 is 1.64 bits per heavy atom. The van der Waals surface area contributed by atoms with Crippen LogP contribution in [0.3, 0.4) is 0 Å². The fraction of sp³-hybridized carbons (Fsp3) is 0.737. The fourth-order valence-corrected chi connectivity index (χ4v) is 2.87. The summed E-state index contributed by atoms with van der Waals surface area (Å²) in [6.45, 7) is 12.2. The SMILES string of the molecule is CC(C)(C)OC(=O)CC(/C=C/C=C/N1CCOCC1)N1CCOCC1. The highest BCUT2D eigenvalue weighted by Gasteiger charge is 2.24. The van der Waals surface area contributed by atoms with Crippen LogP contribution in [0.5, 0.6) is 0 Å². The number of hydrogen-bond donors (Lipinski definition) is 0. The van der Waals surface area contributed by atoms with E-state index in [-0.39, 0.29) is 12.0 Å². The largest absolute Gasteiger partial charge is 0.460 e. The lowest BCUT2D eigenvalue weighted by molar-refractivity contribution is -0.156. The molecule has 2 fully saturated rings. The molecular formula is C19H32N2O4. The summed E-state index contributed by atoms with van der Waals surface area (Å²) >= 11 is 0. The molecule has 0 saturated carbocycles. The molecule has 0 spiro atoms. The number of hydrogen-bond acceptors (Lipinski definition) is 6. The van der Waals surface area contributed by atoms with Crippen LogP contribution in [0.25, 0.3) is 0 Å². The van der Waals surface area contributed by atoms with Gasteiger partial charge >= 0.3 is 5.97 Å². The second-order valence-electron chi connectivity index (χ2n) is 7.38. The third-order valence-corrected chi connectivity index (χ3v) is 4.10. The van der Waals surface area contributed by atoms with Crippen LogP contribution >= 0.6 is 0 Å². The summed E-state index contributed by atoms with van der Waals surface area (Å²) in [5.41, 5.74) is -0.452. The molecule has 0 amide bonds. The molecule has 0 bridgehead atoms. The van der Waals surface area contributed by atoms with Crippen LogP contribution in [0.4, 0.5) is 0 Å². The van der Waals surface area contributed by atoms with Crippen molar-refractivity contribution in [3.05, 3.63) is 24.4 Å². The van der Waals surface area contributed by atoms with Gasteiger partial charge in [0, 0.05) is 32.2 Å². The zero-order valence-corrected chi connectivity index (χ0v) is 15.8. The maximum Gasteiger partial charge on any atom is 0.308 e. The number of esters is 1. The Bertz CT molecular complexity index is 459. The number of morpholine rings is 2. The highest BCUT2D eigenvalue weighted by molar-refractivity contribution is 5.71. The standard InChI is InChI=1S/C19H32N2O4/c1-19(2,3)25-18(22)16-17(21-10-14-24-15-11-21)6-4-5-7-20-8-12-23-13-9-20/h4-7,17H,8-16H2,1-3H3/b6-4+,7-5+. The van der Waals surface area contributed by atoms with Crippen molar-refractivity contribution in [2.45, 2.75) is 38.8 Å². The number of nitrogens with zero attached hydrogens (tertiary/aromatic N) is 2. The molecule has 1 unspecified atom stereocenters. The fourth-order valence-electron chi connectivity index (χ4n) is 2.87. The van der Waals surface area contributed by atoms with Gasteiger partial charge in [0.05, 0.1) is 32.8 Å². The minimum absolute atomic E-state index is 0.0353. The summed E-state index contributed by atoms with van der Waals surface area (Å²) in [7, 11) is 0. The predicted octanol–water partition coefficient (Wildman–Crippen LogP) is 1.82. The summed E-state index contributed by atoms with van der Waals surface area (Å²) in [4.78, 5) is 16.8. The number of rotatable bonds is 6. The molecular weight excluding hydrogens is 320 g/mol. The van der Waals surface area contributed by atoms with Crippen molar-refractivity contribution in [1.82, 2.24) is 9.80 Å². The van der Waals surface area contributed by atoms with E-state index in [0.29, 0.717) is 19.6 Å². The minimum atomic E-state index is -0.452. The average molecular weight is 352 g/mol. The van der Waals surface area contributed by atoms with Crippen molar-refractivity contribution in [1.29, 1.82) is 0 Å². The van der Waals surface area contributed by atoms with E-state index in [2.05, 4.69) is 22.1 Å². The van der Waals surface area contributed by atoms with E-state index < -0.39 is 5.60 Å². The molecule has 0 N–H and O–H groups in total. The molecule has 6 heteroatoms. The van der Waals surface area contributed by atoms with Gasteiger partial charge in [0.25, 0.3) is 0 Å². The molecule has 1 atom stereocenters. The summed E-state index contributed by atoms with van der Waals surface area (Å²) in [5, 5.41) is 0. The normalized spacial score (nSPS) is 21.8. The number of carbonyl (C=O) groups is 1. The van der Waals surface area contributed by atoms with E-state index in [1.807, 2.05) is 32.9 Å². The monoisotopic (exact) mass is 352 g/mol. The number of allylic oxidation sites excluding steroid dienone is 2. The maximum atomic E-state index is 12.2. The highest BCUT2D eigenvalue weighted by atomic mass is 16.6. The van der Waals surface area contributed by atoms with Gasteiger partial charge in [0.1, 0.15) is 5.60 Å². The first-order valence-electron chi connectivity index (χ1n) is 9.14. The molecule has 2 heterocycles. The molecule has 0 aromatic carbocycles. The Kier molecular flexibility index (Phi) is 7.93. The number of ether oxygens (including phenoxy) is 3. The van der Waals surface area contributed by atoms with E-state index >= 15 is 0 Å². The van der Waals surface area contributed by atoms with Gasteiger partial charge in [-0.05, 0) is 33.0 Å². The zero-order valence-electron chi connectivity index (χ0n) is 15.8. The van der Waals surface area contributed by atoms with Gasteiger partial charge in [0.2, 0.25) is 0 Å². The molecule has 6 nitrogen and oxygen atoms in total. The van der Waals surface area contributed by atoms with E-state index in [0.717, 1.165) is 39.4 Å². The van der Waals surface area contributed by atoms with Crippen LogP contribution < -0.4 is 0 Å². The molecule has 2 rings (SSSR count). The Hall–Kier alpha value is -1.37. The maximum absolute atomic E-state index is 12.2. The van der Waals surface area contributed by atoms with Crippen LogP contribution in [0.1, 0.15) is 27.2 Å². The average Bonchev–Trinajstić information content (AvgIpc) is 2.58. The van der Waals surface area contributed by atoms with Crippen LogP contribution in [0.15, 0.2) is 24.4 Å². The Balaban J connectivity index is 1.91. The lowest BCUT2D eigenvalue weighted by Crippen LogP contribution is -2.44. The topological polar surface area (TPSA) is 51.2 Å². The molecule has 25 heavy (non-hydrogen) atoms. The highest BCUT2D eigenvalue weighted by Crippen LogP contribution is 2.14. The summed E-state index contributed by atoms with van der Waals surface area (Å²) in [6.07, 6.45) is 8.60. The molecule has 0 aliphatic carbocycles. The van der Waals surface area contributed by atoms with E-state index in [4.69, 9.17) is 14.2 Å². The van der Waals surface area contributed by atoms with Crippen LogP contribution in [-0.2, 0) is 19.0 Å². The van der Waals surface area contributed by atoms with Crippen LogP contribution in [-0.4, -0.2) is 80.0 Å². The quantitative estimate of drug-likeness (QED) is 0.537. The number of carbonyl (C=O) groups excluding carboxylic acids is 1.